The van der Waals surface area contributed by atoms with Gasteiger partial charge in [-0.3, -0.25) is 0 Å². The van der Waals surface area contributed by atoms with Gasteiger partial charge in [0.05, 0.1) is 0 Å². The van der Waals surface area contributed by atoms with E-state index >= 15 is 0 Å². The van der Waals surface area contributed by atoms with E-state index in [0.717, 1.165) is 6.92 Å². The Balaban J connectivity index is 0. The van der Waals surface area contributed by atoms with E-state index in [-0.39, 0.29) is 19.5 Å². The quantitative estimate of drug-likeness (QED) is 0.407. The summed E-state index contributed by atoms with van der Waals surface area (Å²) in [7, 11) is 0. The van der Waals surface area contributed by atoms with E-state index in [0.29, 0.717) is 0 Å². The number of carbonyl (C=O) groups is 1. The first kappa shape index (κ1) is 8.92. The zero-order valence-electron chi connectivity index (χ0n) is 2.67. The Bertz CT molecular complexity index is 30.6. The van der Waals surface area contributed by atoms with Crippen molar-refractivity contribution in [2.75, 3.05) is 0 Å². The monoisotopic (exact) mass is 163 g/mol. The molecule has 0 atom stereocenters. The normalized spacial score (nSPS) is 5.00. The zero-order chi connectivity index (χ0) is 3.58. The molecule has 0 unspecified atom stereocenters. The van der Waals surface area contributed by atoms with Crippen molar-refractivity contribution in [2.24, 2.45) is 0 Å². The molecule has 0 radical (unpaired) electrons. The summed E-state index contributed by atoms with van der Waals surface area (Å²) >= 11 is 0. The molecule has 0 saturated carbocycles. The molecule has 0 aliphatic carbocycles. The van der Waals surface area contributed by atoms with Crippen molar-refractivity contribution in [2.45, 2.75) is 6.92 Å². The molecule has 33 valence electrons. The first-order valence-electron chi connectivity index (χ1n) is 0.908. The van der Waals surface area contributed by atoms with Gasteiger partial charge >= 0.3 is 19.5 Å². The summed E-state index contributed by atoms with van der Waals surface area (Å²) in [4.78, 5) is 8.89. The molecule has 0 aromatic heterocycles. The summed E-state index contributed by atoms with van der Waals surface area (Å²) in [5, 5.41) is 8.89. The molecule has 0 aliphatic rings. The molecule has 2 nitrogen and oxygen atoms in total. The third kappa shape index (κ3) is 2060. The topological polar surface area (TPSA) is 40.1 Å². The van der Waals surface area contributed by atoms with Crippen LogP contribution in [0.3, 0.4) is 0 Å². The molecule has 0 rings (SSSR count). The fraction of sp³-hybridized carbons (Fsp3) is 0.500. The number of hydrogen-bond donors (Lipinski definition) is 0. The molecule has 0 bridgehead atoms. The third-order valence-electron chi connectivity index (χ3n) is 0. The Morgan fingerprint density at radius 1 is 1.80 bits per heavy atom. The number of carbonyl (C=O) groups excluding carboxylic acids is 1. The molecular weight excluding hydrogens is 159 g/mol. The molecule has 0 N–H and O–H groups in total. The van der Waals surface area contributed by atoms with E-state index in [1.54, 1.807) is 0 Å². The number of carboxylic acid groups (broad SMARTS) is 1. The molecule has 0 heterocycles. The summed E-state index contributed by atoms with van der Waals surface area (Å²) in [6.45, 7) is 0.972. The average molecular weight is 163 g/mol. The van der Waals surface area contributed by atoms with E-state index in [4.69, 9.17) is 9.90 Å². The maximum absolute atomic E-state index is 8.89. The average Bonchev–Trinajstić information content (AvgIpc) is 0.811. The molecule has 0 amide bonds. The second kappa shape index (κ2) is 4.09. The Morgan fingerprint density at radius 3 is 1.80 bits per heavy atom. The van der Waals surface area contributed by atoms with Crippen LogP contribution in [0.2, 0.25) is 0 Å². The predicted molar refractivity (Wildman–Crippen MR) is 12.1 cm³/mol. The van der Waals surface area contributed by atoms with Gasteiger partial charge in [0.15, 0.2) is 0 Å². The van der Waals surface area contributed by atoms with Gasteiger partial charge in [-0.2, -0.15) is 0 Å². The van der Waals surface area contributed by atoms with Gasteiger partial charge in [-0.1, -0.05) is 0 Å². The van der Waals surface area contributed by atoms with Gasteiger partial charge in [0.1, 0.15) is 0 Å². The number of hydrogen-bond acceptors (Lipinski definition) is 2. The molecule has 0 saturated heterocycles. The van der Waals surface area contributed by atoms with Gasteiger partial charge in [0.2, 0.25) is 0 Å². The van der Waals surface area contributed by atoms with E-state index in [1.165, 1.54) is 0 Å². The first-order valence-corrected chi connectivity index (χ1v) is 0.908. The van der Waals surface area contributed by atoms with Crippen molar-refractivity contribution in [1.82, 2.24) is 0 Å². The van der Waals surface area contributed by atoms with Gasteiger partial charge < -0.3 is 9.90 Å². The van der Waals surface area contributed by atoms with Crippen molar-refractivity contribution < 1.29 is 29.4 Å². The standard InChI is InChI=1S/C2H4O2.Rh.H/c1-2(3)4;;/h1H3,(H,3,4);;/q;+1;/p-1. The van der Waals surface area contributed by atoms with E-state index in [2.05, 4.69) is 0 Å². The van der Waals surface area contributed by atoms with Gasteiger partial charge in [0, 0.05) is 5.97 Å². The van der Waals surface area contributed by atoms with Crippen LogP contribution in [0.15, 0.2) is 0 Å². The van der Waals surface area contributed by atoms with E-state index < -0.39 is 5.97 Å². The van der Waals surface area contributed by atoms with Gasteiger partial charge in [-0.25, -0.2) is 0 Å². The van der Waals surface area contributed by atoms with Crippen molar-refractivity contribution in [3.05, 3.63) is 0 Å². The summed E-state index contributed by atoms with van der Waals surface area (Å²) in [6, 6.07) is 0. The summed E-state index contributed by atoms with van der Waals surface area (Å²) in [6.07, 6.45) is 0. The first-order chi connectivity index (χ1) is 1.73. The summed E-state index contributed by atoms with van der Waals surface area (Å²) in [5.41, 5.74) is 0. The van der Waals surface area contributed by atoms with Crippen LogP contribution in [0.4, 0.5) is 0 Å². The number of rotatable bonds is 0. The maximum atomic E-state index is 8.89. The van der Waals surface area contributed by atoms with Gasteiger partial charge in [-0.15, -0.1) is 0 Å². The van der Waals surface area contributed by atoms with Crippen LogP contribution in [0.5, 0.6) is 0 Å². The van der Waals surface area contributed by atoms with Crippen LogP contribution in [-0.4, -0.2) is 5.97 Å². The molecule has 0 aliphatic heterocycles. The Labute approximate surface area is 42.9 Å². The van der Waals surface area contributed by atoms with E-state index in [1.807, 2.05) is 0 Å². The second-order valence-electron chi connectivity index (χ2n) is 0.492. The van der Waals surface area contributed by atoms with Crippen molar-refractivity contribution >= 4 is 5.97 Å². The Morgan fingerprint density at radius 2 is 1.80 bits per heavy atom. The minimum atomic E-state index is -1.08. The van der Waals surface area contributed by atoms with Gasteiger partial charge in [-0.05, 0) is 6.92 Å². The summed E-state index contributed by atoms with van der Waals surface area (Å²) < 4.78 is 0. The third-order valence-corrected chi connectivity index (χ3v) is 0. The van der Waals surface area contributed by atoms with E-state index in [9.17, 15) is 0 Å². The second-order valence-corrected chi connectivity index (χ2v) is 0.492. The fourth-order valence-electron chi connectivity index (χ4n) is 0. The molecule has 0 spiro atoms. The van der Waals surface area contributed by atoms with Crippen LogP contribution in [0.25, 0.3) is 0 Å². The Kier molecular flexibility index (Phi) is 7.30. The molecular formula is C2H4O2Rh. The molecule has 0 fully saturated rings. The van der Waals surface area contributed by atoms with Crippen molar-refractivity contribution in [3.63, 3.8) is 0 Å². The fourth-order valence-corrected chi connectivity index (χ4v) is 0. The summed E-state index contributed by atoms with van der Waals surface area (Å²) in [5.74, 6) is -1.08. The number of aliphatic carboxylic acids is 1. The zero-order valence-corrected chi connectivity index (χ0v) is 4.41. The van der Waals surface area contributed by atoms with Crippen LogP contribution >= 0.6 is 0 Å². The van der Waals surface area contributed by atoms with Crippen LogP contribution in [0.1, 0.15) is 6.92 Å². The molecule has 0 aromatic carbocycles. The van der Waals surface area contributed by atoms with Crippen LogP contribution in [-0.2, 0) is 24.3 Å². The van der Waals surface area contributed by atoms with Crippen LogP contribution < -0.4 is 5.11 Å². The molecule has 5 heavy (non-hydrogen) atoms. The van der Waals surface area contributed by atoms with Gasteiger partial charge in [0.25, 0.3) is 0 Å². The SMILES string of the molecule is CC(=O)[O-].[RhH+]. The Hall–Kier alpha value is 0.0934. The molecule has 0 aromatic rings. The van der Waals surface area contributed by atoms with Crippen molar-refractivity contribution in [1.29, 1.82) is 0 Å². The molecule has 3 heteroatoms. The van der Waals surface area contributed by atoms with Crippen LogP contribution in [0, 0.1) is 0 Å². The number of carboxylic acids is 1. The van der Waals surface area contributed by atoms with Crippen molar-refractivity contribution in [3.8, 4) is 0 Å². The predicted octanol–water partition coefficient (Wildman–Crippen LogP) is -1.51. The minimum absolute atomic E-state index is 0.